The lowest BCUT2D eigenvalue weighted by Crippen LogP contribution is -1.81. The summed E-state index contributed by atoms with van der Waals surface area (Å²) in [5.74, 6) is 2.16. The summed E-state index contributed by atoms with van der Waals surface area (Å²) in [4.78, 5) is 2.42. The Bertz CT molecular complexity index is 325. The Balaban J connectivity index is 3.19. The lowest BCUT2D eigenvalue weighted by Gasteiger charge is -1.93. The third-order valence-corrected chi connectivity index (χ3v) is 1.54. The monoisotopic (exact) mass is 232 g/mol. The van der Waals surface area contributed by atoms with Crippen molar-refractivity contribution in [1.29, 1.82) is 0 Å². The Hall–Kier alpha value is -0.520. The lowest BCUT2D eigenvalue weighted by atomic mass is 10.2. The molecule has 0 saturated heterocycles. The molecule has 0 bridgehead atoms. The van der Waals surface area contributed by atoms with Crippen LogP contribution in [0.2, 0.25) is 5.02 Å². The summed E-state index contributed by atoms with van der Waals surface area (Å²) in [6, 6.07) is 4.25. The zero-order valence-electron chi connectivity index (χ0n) is 5.37. The molecule has 0 saturated carbocycles. The van der Waals surface area contributed by atoms with E-state index in [1.807, 2.05) is 0 Å². The topological polar surface area (TPSA) is 0 Å². The van der Waals surface area contributed by atoms with E-state index in [9.17, 15) is 4.39 Å². The van der Waals surface area contributed by atoms with Gasteiger partial charge in [-0.05, 0) is 23.0 Å². The molecule has 0 radical (unpaired) electrons. The molecule has 0 aliphatic rings. The third kappa shape index (κ3) is 2.21. The highest BCUT2D eigenvalue weighted by atomic mass is 79.9. The van der Waals surface area contributed by atoms with E-state index in [1.165, 1.54) is 18.2 Å². The van der Waals surface area contributed by atoms with Crippen LogP contribution in [0.3, 0.4) is 0 Å². The van der Waals surface area contributed by atoms with Crippen LogP contribution in [-0.2, 0) is 0 Å². The van der Waals surface area contributed by atoms with Gasteiger partial charge in [0, 0.05) is 21.0 Å². The highest BCUT2D eigenvalue weighted by Crippen LogP contribution is 2.13. The van der Waals surface area contributed by atoms with Gasteiger partial charge < -0.3 is 0 Å². The first kappa shape index (κ1) is 8.58. The highest BCUT2D eigenvalue weighted by Gasteiger charge is 1.97. The molecule has 0 aliphatic heterocycles. The first-order chi connectivity index (χ1) is 5.24. The summed E-state index contributed by atoms with van der Waals surface area (Å²) in [6.45, 7) is 0. The molecule has 0 aliphatic carbocycles. The van der Waals surface area contributed by atoms with Crippen LogP contribution in [0.5, 0.6) is 0 Å². The molecule has 1 aromatic carbocycles. The summed E-state index contributed by atoms with van der Waals surface area (Å²) in [6.07, 6.45) is 0. The molecule has 56 valence electrons. The number of halogens is 3. The zero-order valence-corrected chi connectivity index (χ0v) is 7.71. The molecule has 1 rings (SSSR count). The number of rotatable bonds is 0. The van der Waals surface area contributed by atoms with Gasteiger partial charge in [0.1, 0.15) is 5.82 Å². The molecule has 0 nitrogen and oxygen atoms in total. The van der Waals surface area contributed by atoms with Gasteiger partial charge in [0.2, 0.25) is 0 Å². The first-order valence-corrected chi connectivity index (χ1v) is 3.98. The first-order valence-electron chi connectivity index (χ1n) is 2.80. The lowest BCUT2D eigenvalue weighted by molar-refractivity contribution is 0.624. The minimum absolute atomic E-state index is 0.300. The molecular weight excluding hydrogens is 230 g/mol. The third-order valence-electron chi connectivity index (χ3n) is 1.11. The van der Waals surface area contributed by atoms with E-state index >= 15 is 0 Å². The van der Waals surface area contributed by atoms with Crippen molar-refractivity contribution in [3.05, 3.63) is 34.6 Å². The van der Waals surface area contributed by atoms with Crippen LogP contribution >= 0.6 is 27.5 Å². The normalized spacial score (nSPS) is 8.64. The molecule has 0 atom stereocenters. The Labute approximate surface area is 77.5 Å². The van der Waals surface area contributed by atoms with Crippen molar-refractivity contribution in [1.82, 2.24) is 0 Å². The Morgan fingerprint density at radius 1 is 1.45 bits per heavy atom. The minimum atomic E-state index is -0.360. The Morgan fingerprint density at radius 2 is 2.18 bits per heavy atom. The molecule has 0 heterocycles. The minimum Gasteiger partial charge on any atom is -0.206 e. The molecule has 3 heteroatoms. The van der Waals surface area contributed by atoms with Crippen LogP contribution in [0.4, 0.5) is 4.39 Å². The van der Waals surface area contributed by atoms with Crippen LogP contribution in [0.15, 0.2) is 18.2 Å². The van der Waals surface area contributed by atoms with Crippen LogP contribution in [0, 0.1) is 16.6 Å². The zero-order chi connectivity index (χ0) is 8.27. The predicted octanol–water partition coefficient (Wildman–Crippen LogP) is 3.18. The number of hydrogen-bond acceptors (Lipinski definition) is 0. The smallest absolute Gasteiger partial charge is 0.138 e. The number of hydrogen-bond donors (Lipinski definition) is 0. The van der Waals surface area contributed by atoms with Crippen LogP contribution < -0.4 is 0 Å². The average molecular weight is 233 g/mol. The van der Waals surface area contributed by atoms with Crippen molar-refractivity contribution < 1.29 is 4.39 Å². The van der Waals surface area contributed by atoms with Gasteiger partial charge in [0.15, 0.2) is 0 Å². The van der Waals surface area contributed by atoms with Gasteiger partial charge in [-0.25, -0.2) is 4.39 Å². The van der Waals surface area contributed by atoms with E-state index in [4.69, 9.17) is 11.6 Å². The molecule has 0 spiro atoms. The molecule has 1 aromatic rings. The van der Waals surface area contributed by atoms with Crippen LogP contribution in [0.25, 0.3) is 0 Å². The van der Waals surface area contributed by atoms with Crippen molar-refractivity contribution in [2.75, 3.05) is 0 Å². The Kier molecular flexibility index (Phi) is 2.92. The van der Waals surface area contributed by atoms with Gasteiger partial charge in [-0.2, -0.15) is 0 Å². The van der Waals surface area contributed by atoms with Crippen molar-refractivity contribution in [2.24, 2.45) is 0 Å². The van der Waals surface area contributed by atoms with Gasteiger partial charge >= 0.3 is 0 Å². The molecule has 0 fully saturated rings. The van der Waals surface area contributed by atoms with Crippen molar-refractivity contribution >= 4 is 27.5 Å². The van der Waals surface area contributed by atoms with Gasteiger partial charge in [-0.3, -0.25) is 0 Å². The highest BCUT2D eigenvalue weighted by molar-refractivity contribution is 9.12. The maximum atomic E-state index is 12.8. The molecule has 0 amide bonds. The van der Waals surface area contributed by atoms with Crippen LogP contribution in [0.1, 0.15) is 5.56 Å². The maximum absolute atomic E-state index is 12.8. The van der Waals surface area contributed by atoms with Crippen molar-refractivity contribution in [2.45, 2.75) is 0 Å². The van der Waals surface area contributed by atoms with Crippen molar-refractivity contribution in [3.63, 3.8) is 0 Å². The van der Waals surface area contributed by atoms with Gasteiger partial charge in [0.25, 0.3) is 0 Å². The summed E-state index contributed by atoms with van der Waals surface area (Å²) in [7, 11) is 0. The molecule has 0 N–H and O–H groups in total. The van der Waals surface area contributed by atoms with Crippen LogP contribution in [-0.4, -0.2) is 0 Å². The van der Waals surface area contributed by atoms with Gasteiger partial charge in [-0.15, -0.1) is 0 Å². The molecule has 0 unspecified atom stereocenters. The molecule has 11 heavy (non-hydrogen) atoms. The quantitative estimate of drug-likeness (QED) is 0.604. The summed E-state index contributed by atoms with van der Waals surface area (Å²) in [5.41, 5.74) is 0.300. The summed E-state index contributed by atoms with van der Waals surface area (Å²) in [5, 5.41) is 0.483. The predicted molar refractivity (Wildman–Crippen MR) is 47.2 cm³/mol. The molecule has 0 aromatic heterocycles. The largest absolute Gasteiger partial charge is 0.206 e. The van der Waals surface area contributed by atoms with E-state index in [0.717, 1.165) is 0 Å². The molecular formula is C8H3BrClF. The van der Waals surface area contributed by atoms with E-state index in [-0.39, 0.29) is 5.82 Å². The standard InChI is InChI=1S/C8H3BrClF/c9-4-3-6-5-7(10)1-2-8(6)11/h1-2,5H. The second-order valence-corrected chi connectivity index (χ2v) is 2.68. The second-order valence-electron chi connectivity index (χ2n) is 1.84. The average Bonchev–Trinajstić information content (AvgIpc) is 1.98. The Morgan fingerprint density at radius 3 is 2.82 bits per heavy atom. The SMILES string of the molecule is Fc1ccc(Cl)cc1C#CBr. The van der Waals surface area contributed by atoms with Crippen molar-refractivity contribution in [3.8, 4) is 10.8 Å². The van der Waals surface area contributed by atoms with E-state index in [1.54, 1.807) is 0 Å². The number of benzene rings is 1. The fourth-order valence-electron chi connectivity index (χ4n) is 0.644. The van der Waals surface area contributed by atoms with Gasteiger partial charge in [0.05, 0.1) is 5.56 Å². The fourth-order valence-corrected chi connectivity index (χ4v) is 1.03. The summed E-state index contributed by atoms with van der Waals surface area (Å²) < 4.78 is 12.8. The maximum Gasteiger partial charge on any atom is 0.138 e. The van der Waals surface area contributed by atoms with Gasteiger partial charge in [-0.1, -0.05) is 17.5 Å². The summed E-state index contributed by atoms with van der Waals surface area (Å²) >= 11 is 8.48. The van der Waals surface area contributed by atoms with E-state index < -0.39 is 0 Å². The van der Waals surface area contributed by atoms with E-state index in [2.05, 4.69) is 26.7 Å². The van der Waals surface area contributed by atoms with E-state index in [0.29, 0.717) is 10.6 Å². The fraction of sp³-hybridized carbons (Fsp3) is 0. The second kappa shape index (κ2) is 3.75.